The molecule has 0 amide bonds. The fourth-order valence-electron chi connectivity index (χ4n) is 0.476. The Kier molecular flexibility index (Phi) is 5.15. The number of rotatable bonds is 0. The average molecular weight is 140 g/mol. The SMILES string of the molecule is [Na+].[O-]B1OCC(O)CO1. The monoisotopic (exact) mass is 140 g/mol. The van der Waals surface area contributed by atoms with Gasteiger partial charge in [-0.05, 0) is 0 Å². The van der Waals surface area contributed by atoms with Crippen molar-refractivity contribution in [2.45, 2.75) is 6.10 Å². The van der Waals surface area contributed by atoms with Crippen molar-refractivity contribution in [1.82, 2.24) is 0 Å². The van der Waals surface area contributed by atoms with Gasteiger partial charge < -0.3 is 19.4 Å². The first-order valence-corrected chi connectivity index (χ1v) is 2.36. The Morgan fingerprint density at radius 3 is 2.22 bits per heavy atom. The molecule has 1 N–H and O–H groups in total. The Morgan fingerprint density at radius 1 is 1.44 bits per heavy atom. The third kappa shape index (κ3) is 3.57. The van der Waals surface area contributed by atoms with Crippen LogP contribution >= 0.6 is 0 Å². The summed E-state index contributed by atoms with van der Waals surface area (Å²) in [4.78, 5) is 0. The van der Waals surface area contributed by atoms with Crippen molar-refractivity contribution in [2.24, 2.45) is 0 Å². The molecule has 1 rings (SSSR count). The predicted octanol–water partition coefficient (Wildman–Crippen LogP) is -5.26. The Balaban J connectivity index is 0.000000640. The zero-order valence-electron chi connectivity index (χ0n) is 5.24. The maximum Gasteiger partial charge on any atom is 1.00 e. The Morgan fingerprint density at radius 2 is 1.89 bits per heavy atom. The standard InChI is InChI=1S/C3H6BO4.Na/c5-3-1-7-4(6)8-2-3;/h3,5H,1-2H2;/q-1;+1. The van der Waals surface area contributed by atoms with E-state index in [-0.39, 0.29) is 42.8 Å². The van der Waals surface area contributed by atoms with E-state index in [1.54, 1.807) is 0 Å². The van der Waals surface area contributed by atoms with Crippen LogP contribution in [-0.2, 0) is 9.31 Å². The van der Waals surface area contributed by atoms with E-state index in [1.807, 2.05) is 0 Å². The predicted molar refractivity (Wildman–Crippen MR) is 23.7 cm³/mol. The minimum atomic E-state index is -1.39. The molecular weight excluding hydrogens is 134 g/mol. The van der Waals surface area contributed by atoms with Gasteiger partial charge in [-0.25, -0.2) is 0 Å². The fraction of sp³-hybridized carbons (Fsp3) is 1.00. The molecule has 0 aliphatic carbocycles. The molecular formula is C3H6BNaO4. The maximum absolute atomic E-state index is 10.1. The van der Waals surface area contributed by atoms with Gasteiger partial charge in [-0.15, -0.1) is 0 Å². The van der Waals surface area contributed by atoms with Crippen LogP contribution in [-0.4, -0.2) is 31.7 Å². The van der Waals surface area contributed by atoms with Crippen molar-refractivity contribution in [3.63, 3.8) is 0 Å². The van der Waals surface area contributed by atoms with E-state index < -0.39 is 13.4 Å². The van der Waals surface area contributed by atoms with Gasteiger partial charge >= 0.3 is 36.9 Å². The molecule has 6 heteroatoms. The molecule has 0 bridgehead atoms. The van der Waals surface area contributed by atoms with E-state index in [0.717, 1.165) is 0 Å². The zero-order chi connectivity index (χ0) is 5.98. The molecule has 0 aromatic carbocycles. The molecule has 4 nitrogen and oxygen atoms in total. The molecule has 0 spiro atoms. The summed E-state index contributed by atoms with van der Waals surface area (Å²) < 4.78 is 8.72. The molecule has 46 valence electrons. The second kappa shape index (κ2) is 4.68. The van der Waals surface area contributed by atoms with Crippen molar-refractivity contribution in [2.75, 3.05) is 13.2 Å². The average Bonchev–Trinajstić information content (AvgIpc) is 1.77. The van der Waals surface area contributed by atoms with Crippen molar-refractivity contribution in [1.29, 1.82) is 0 Å². The first-order chi connectivity index (χ1) is 3.79. The summed E-state index contributed by atoms with van der Waals surface area (Å²) in [6, 6.07) is 0. The van der Waals surface area contributed by atoms with Gasteiger partial charge in [-0.3, -0.25) is 0 Å². The summed E-state index contributed by atoms with van der Waals surface area (Å²) in [5.74, 6) is 0. The third-order valence-electron chi connectivity index (χ3n) is 0.849. The minimum absolute atomic E-state index is 0. The van der Waals surface area contributed by atoms with E-state index in [1.165, 1.54) is 0 Å². The Hall–Kier alpha value is 0.905. The molecule has 0 unspecified atom stereocenters. The molecule has 0 atom stereocenters. The van der Waals surface area contributed by atoms with Crippen molar-refractivity contribution in [3.05, 3.63) is 0 Å². The molecule has 1 fully saturated rings. The van der Waals surface area contributed by atoms with Gasteiger partial charge in [-0.2, -0.15) is 0 Å². The molecule has 1 saturated heterocycles. The molecule has 1 heterocycles. The number of hydrogen-bond donors (Lipinski definition) is 1. The van der Waals surface area contributed by atoms with Gasteiger partial charge in [0.1, 0.15) is 0 Å². The van der Waals surface area contributed by atoms with Crippen LogP contribution in [0.3, 0.4) is 0 Å². The molecule has 0 aromatic rings. The Bertz CT molecular complexity index is 64.2. The van der Waals surface area contributed by atoms with E-state index in [0.29, 0.717) is 0 Å². The van der Waals surface area contributed by atoms with Crippen molar-refractivity contribution in [3.8, 4) is 0 Å². The Labute approximate surface area is 75.6 Å². The molecule has 1 aliphatic rings. The maximum atomic E-state index is 10.1. The van der Waals surface area contributed by atoms with Crippen LogP contribution in [0.2, 0.25) is 0 Å². The largest absolute Gasteiger partial charge is 1.00 e. The first-order valence-electron chi connectivity index (χ1n) is 2.36. The summed E-state index contributed by atoms with van der Waals surface area (Å²) in [7, 11) is -1.39. The van der Waals surface area contributed by atoms with Gasteiger partial charge in [0.15, 0.2) is 0 Å². The normalized spacial score (nSPS) is 21.3. The van der Waals surface area contributed by atoms with Crippen LogP contribution < -0.4 is 34.6 Å². The molecule has 0 radical (unpaired) electrons. The van der Waals surface area contributed by atoms with Crippen LogP contribution in [0, 0.1) is 0 Å². The second-order valence-electron chi connectivity index (χ2n) is 1.61. The molecule has 1 aliphatic heterocycles. The molecule has 9 heavy (non-hydrogen) atoms. The molecule has 0 saturated carbocycles. The van der Waals surface area contributed by atoms with Crippen LogP contribution in [0.5, 0.6) is 0 Å². The molecule has 0 aromatic heterocycles. The third-order valence-corrected chi connectivity index (χ3v) is 0.849. The zero-order valence-corrected chi connectivity index (χ0v) is 7.24. The van der Waals surface area contributed by atoms with Crippen LogP contribution in [0.15, 0.2) is 0 Å². The van der Waals surface area contributed by atoms with Gasteiger partial charge in [0.2, 0.25) is 0 Å². The summed E-state index contributed by atoms with van der Waals surface area (Å²) in [5.41, 5.74) is 0. The quantitative estimate of drug-likeness (QED) is 0.341. The van der Waals surface area contributed by atoms with Gasteiger partial charge in [-0.1, -0.05) is 0 Å². The number of hydrogen-bond acceptors (Lipinski definition) is 4. The van der Waals surface area contributed by atoms with Crippen LogP contribution in [0.25, 0.3) is 0 Å². The smallest absolute Gasteiger partial charge is 0.832 e. The van der Waals surface area contributed by atoms with E-state index >= 15 is 0 Å². The van der Waals surface area contributed by atoms with E-state index in [4.69, 9.17) is 5.11 Å². The summed E-state index contributed by atoms with van der Waals surface area (Å²) in [6.45, 7) is 0.183. The van der Waals surface area contributed by atoms with Gasteiger partial charge in [0.25, 0.3) is 0 Å². The van der Waals surface area contributed by atoms with Crippen LogP contribution in [0.4, 0.5) is 0 Å². The summed E-state index contributed by atoms with van der Waals surface area (Å²) >= 11 is 0. The van der Waals surface area contributed by atoms with Crippen molar-refractivity contribution < 1.29 is 49.0 Å². The topological polar surface area (TPSA) is 61.8 Å². The van der Waals surface area contributed by atoms with Gasteiger partial charge in [0, 0.05) is 0 Å². The van der Waals surface area contributed by atoms with E-state index in [9.17, 15) is 5.02 Å². The second-order valence-corrected chi connectivity index (χ2v) is 1.61. The summed E-state index contributed by atoms with van der Waals surface area (Å²) in [6.07, 6.45) is -0.625. The van der Waals surface area contributed by atoms with Crippen molar-refractivity contribution >= 4 is 7.32 Å². The fourth-order valence-corrected chi connectivity index (χ4v) is 0.476. The van der Waals surface area contributed by atoms with Crippen LogP contribution in [0.1, 0.15) is 0 Å². The van der Waals surface area contributed by atoms with Gasteiger partial charge in [0.05, 0.1) is 19.3 Å². The number of aliphatic hydroxyl groups is 1. The van der Waals surface area contributed by atoms with E-state index in [2.05, 4.69) is 9.31 Å². The number of aliphatic hydroxyl groups excluding tert-OH is 1. The minimum Gasteiger partial charge on any atom is -0.832 e. The first kappa shape index (κ1) is 9.90. The summed E-state index contributed by atoms with van der Waals surface area (Å²) in [5, 5.41) is 18.8.